The van der Waals surface area contributed by atoms with Crippen LogP contribution in [0.15, 0.2) is 50.7 Å². The Morgan fingerprint density at radius 2 is 2.00 bits per heavy atom. The van der Waals surface area contributed by atoms with Crippen LogP contribution in [0.5, 0.6) is 5.75 Å². The van der Waals surface area contributed by atoms with Crippen LogP contribution in [0.4, 0.5) is 4.79 Å². The van der Waals surface area contributed by atoms with Gasteiger partial charge in [-0.25, -0.2) is 0 Å². The van der Waals surface area contributed by atoms with Gasteiger partial charge in [0.05, 0.1) is 0 Å². The first-order valence-corrected chi connectivity index (χ1v) is 14.2. The number of methoxy groups -OCH3 is 1. The summed E-state index contributed by atoms with van der Waals surface area (Å²) < 4.78 is 9.44. The summed E-state index contributed by atoms with van der Waals surface area (Å²) in [5.74, 6) is 0.630. The number of thioether (sulfide) groups is 1. The van der Waals surface area contributed by atoms with Gasteiger partial charge in [-0.1, -0.05) is 0 Å². The van der Waals surface area contributed by atoms with Crippen molar-refractivity contribution in [3.05, 3.63) is 67.4 Å². The van der Waals surface area contributed by atoms with Gasteiger partial charge in [-0.3, -0.25) is 0 Å². The zero-order valence-corrected chi connectivity index (χ0v) is 18.1. The second-order valence-electron chi connectivity index (χ2n) is 6.58. The van der Waals surface area contributed by atoms with Gasteiger partial charge in [0.25, 0.3) is 0 Å². The molecular formula is C20H14InNO3S. The fourth-order valence-electron chi connectivity index (χ4n) is 4.11. The van der Waals surface area contributed by atoms with Crippen molar-refractivity contribution in [2.45, 2.75) is 6.42 Å². The number of carbonyl (C=O) groups is 2. The van der Waals surface area contributed by atoms with Gasteiger partial charge in [0.2, 0.25) is 0 Å². The molecule has 3 aliphatic heterocycles. The molecule has 0 aliphatic carbocycles. The van der Waals surface area contributed by atoms with Gasteiger partial charge < -0.3 is 0 Å². The molecule has 4 bridgehead atoms. The van der Waals surface area contributed by atoms with Crippen LogP contribution in [0.1, 0.15) is 16.7 Å². The van der Waals surface area contributed by atoms with E-state index in [1.165, 1.54) is 26.7 Å². The molecule has 2 amide bonds. The van der Waals surface area contributed by atoms with Crippen LogP contribution >= 0.6 is 11.8 Å². The molecule has 1 fully saturated rings. The van der Waals surface area contributed by atoms with Crippen LogP contribution < -0.4 is 13.4 Å². The molecule has 0 saturated carbocycles. The van der Waals surface area contributed by atoms with E-state index in [1.807, 2.05) is 12.1 Å². The van der Waals surface area contributed by atoms with E-state index >= 15 is 0 Å². The molecule has 26 heavy (non-hydrogen) atoms. The van der Waals surface area contributed by atoms with E-state index in [9.17, 15) is 9.59 Å². The van der Waals surface area contributed by atoms with E-state index in [1.54, 1.807) is 7.11 Å². The normalized spacial score (nSPS) is 19.9. The summed E-state index contributed by atoms with van der Waals surface area (Å²) in [5, 5.41) is 2.16. The predicted octanol–water partition coefficient (Wildman–Crippen LogP) is 2.82. The third-order valence-electron chi connectivity index (χ3n) is 5.13. The second kappa shape index (κ2) is 6.06. The Morgan fingerprint density at radius 3 is 2.73 bits per heavy atom. The maximum absolute atomic E-state index is 12.3. The van der Waals surface area contributed by atoms with Crippen LogP contribution in [0.3, 0.4) is 0 Å². The SMILES string of the molecule is COc1cccc(C[C]2=Cc3c4ccc[c]3[In]2/[C]4=C2\SC(=O)NC2=O)c1. The monoisotopic (exact) mass is 463 g/mol. The number of ether oxygens (including phenoxy) is 1. The number of allylic oxidation sites excluding steroid dienone is 1. The van der Waals surface area contributed by atoms with Gasteiger partial charge in [-0.15, -0.1) is 0 Å². The predicted molar refractivity (Wildman–Crippen MR) is 105 cm³/mol. The molecular weight excluding hydrogens is 449 g/mol. The summed E-state index contributed by atoms with van der Waals surface area (Å²) in [5.41, 5.74) is 3.67. The Bertz CT molecular complexity index is 1060. The van der Waals surface area contributed by atoms with Crippen molar-refractivity contribution in [1.82, 2.24) is 5.32 Å². The van der Waals surface area contributed by atoms with Crippen LogP contribution in [0.25, 0.3) is 9.41 Å². The van der Waals surface area contributed by atoms with Crippen molar-refractivity contribution in [3.63, 3.8) is 0 Å². The van der Waals surface area contributed by atoms with Gasteiger partial charge in [0.15, 0.2) is 0 Å². The van der Waals surface area contributed by atoms with Crippen molar-refractivity contribution >= 4 is 57.1 Å². The van der Waals surface area contributed by atoms with Gasteiger partial charge in [0.1, 0.15) is 0 Å². The maximum atomic E-state index is 12.3. The van der Waals surface area contributed by atoms with Crippen LogP contribution in [-0.2, 0) is 11.2 Å². The van der Waals surface area contributed by atoms with E-state index < -0.39 is 21.4 Å². The molecule has 2 aromatic carbocycles. The van der Waals surface area contributed by atoms with Gasteiger partial charge >= 0.3 is 163 Å². The van der Waals surface area contributed by atoms with Crippen LogP contribution in [-0.4, -0.2) is 39.7 Å². The zero-order valence-electron chi connectivity index (χ0n) is 14.0. The Hall–Kier alpha value is -1.92. The molecule has 126 valence electrons. The molecule has 3 heterocycles. The molecule has 0 atom stereocenters. The van der Waals surface area contributed by atoms with Gasteiger partial charge in [-0.2, -0.15) is 0 Å². The molecule has 4 nitrogen and oxygen atoms in total. The first-order chi connectivity index (χ1) is 12.7. The Kier molecular flexibility index (Phi) is 3.79. The first kappa shape index (κ1) is 16.3. The standard InChI is InChI=1S/C20H14NO3S.In/c1-24-17-11-5-7-14(12-17)6-4-10-15-8-2-3-9-16(15)13-18-19(22)21-20(23)25-18;/h2-3,5,7,9-12H,6H2,1H3,(H,21,22,23);. The van der Waals surface area contributed by atoms with Crippen molar-refractivity contribution in [2.24, 2.45) is 0 Å². The fourth-order valence-corrected chi connectivity index (χ4v) is 16.6. The van der Waals surface area contributed by atoms with Crippen molar-refractivity contribution in [1.29, 1.82) is 0 Å². The van der Waals surface area contributed by atoms with Crippen molar-refractivity contribution in [2.75, 3.05) is 7.11 Å². The van der Waals surface area contributed by atoms with E-state index in [0.29, 0.717) is 4.91 Å². The average molecular weight is 463 g/mol. The number of benzene rings is 2. The average Bonchev–Trinajstić information content (AvgIpc) is 3.20. The third kappa shape index (κ3) is 2.39. The number of hydrogen-bond donors (Lipinski definition) is 1. The van der Waals surface area contributed by atoms with E-state index in [0.717, 1.165) is 23.9 Å². The van der Waals surface area contributed by atoms with Crippen LogP contribution in [0, 0.1) is 0 Å². The molecule has 3 aliphatic rings. The molecule has 6 heteroatoms. The molecule has 2 aromatic rings. The Balaban J connectivity index is 1.58. The second-order valence-corrected chi connectivity index (χ2v) is 15.6. The van der Waals surface area contributed by atoms with Crippen molar-refractivity contribution in [3.8, 4) is 5.75 Å². The number of hydrogen-bond acceptors (Lipinski definition) is 4. The number of imide groups is 1. The summed E-state index contributed by atoms with van der Waals surface area (Å²) in [6.45, 7) is 0. The Morgan fingerprint density at radius 1 is 1.15 bits per heavy atom. The number of carbonyl (C=O) groups excluding carboxylic acids is 2. The molecule has 0 radical (unpaired) electrons. The summed E-state index contributed by atoms with van der Waals surface area (Å²) >= 11 is -1.46. The molecule has 5 rings (SSSR count). The minimum atomic E-state index is -2.52. The summed E-state index contributed by atoms with van der Waals surface area (Å²) in [6.07, 6.45) is 3.21. The zero-order chi connectivity index (χ0) is 17.8. The molecule has 1 N–H and O–H groups in total. The molecule has 1 saturated heterocycles. The Labute approximate surface area is 162 Å². The van der Waals surface area contributed by atoms with E-state index in [2.05, 4.69) is 41.7 Å². The number of rotatable bonds is 3. The van der Waals surface area contributed by atoms with Gasteiger partial charge in [-0.05, 0) is 0 Å². The minimum absolute atomic E-state index is 0.229. The number of nitrogens with one attached hydrogen (secondary N) is 1. The van der Waals surface area contributed by atoms with Crippen LogP contribution in [0.2, 0.25) is 0 Å². The quantitative estimate of drug-likeness (QED) is 0.712. The molecule has 0 spiro atoms. The molecule has 0 unspecified atom stereocenters. The summed E-state index contributed by atoms with van der Waals surface area (Å²) in [4.78, 5) is 24.6. The fraction of sp³-hybridized carbons (Fsp3) is 0.100. The number of amides is 2. The van der Waals surface area contributed by atoms with E-state index in [-0.39, 0.29) is 11.1 Å². The summed E-state index contributed by atoms with van der Waals surface area (Å²) in [6, 6.07) is 14.5. The topological polar surface area (TPSA) is 55.4 Å². The summed E-state index contributed by atoms with van der Waals surface area (Å²) in [7, 11) is 1.68. The van der Waals surface area contributed by atoms with Crippen molar-refractivity contribution < 1.29 is 14.3 Å². The molecule has 0 aromatic heterocycles. The van der Waals surface area contributed by atoms with Gasteiger partial charge in [0, 0.05) is 0 Å². The first-order valence-electron chi connectivity index (χ1n) is 8.39. The van der Waals surface area contributed by atoms with E-state index in [4.69, 9.17) is 4.74 Å². The third-order valence-corrected chi connectivity index (χ3v) is 16.4.